The van der Waals surface area contributed by atoms with Gasteiger partial charge in [0.2, 0.25) is 0 Å². The van der Waals surface area contributed by atoms with Gasteiger partial charge in [-0.15, -0.1) is 0 Å². The lowest BCUT2D eigenvalue weighted by Crippen LogP contribution is -2.31. The normalized spacial score (nSPS) is 10.2. The molecule has 0 aliphatic heterocycles. The van der Waals surface area contributed by atoms with Crippen molar-refractivity contribution in [2.45, 2.75) is 6.61 Å². The molecular weight excluding hydrogens is 330 g/mol. The second-order valence-electron chi connectivity index (χ2n) is 3.90. The first kappa shape index (κ1) is 16.7. The van der Waals surface area contributed by atoms with Gasteiger partial charge in [0.25, 0.3) is 5.91 Å². The molecule has 1 aromatic rings. The molecule has 20 heavy (non-hydrogen) atoms. The average molecular weight is 348 g/mol. The van der Waals surface area contributed by atoms with Gasteiger partial charge in [0.05, 0.1) is 24.8 Å². The summed E-state index contributed by atoms with van der Waals surface area (Å²) in [5.41, 5.74) is 0.686. The van der Waals surface area contributed by atoms with Crippen LogP contribution in [0.1, 0.15) is 5.56 Å². The van der Waals surface area contributed by atoms with Crippen molar-refractivity contribution in [3.8, 4) is 11.5 Å². The van der Waals surface area contributed by atoms with E-state index in [0.717, 1.165) is 0 Å². The van der Waals surface area contributed by atoms with Crippen LogP contribution in [0.25, 0.3) is 0 Å². The van der Waals surface area contributed by atoms with Crippen LogP contribution in [0.4, 0.5) is 0 Å². The van der Waals surface area contributed by atoms with E-state index in [1.54, 1.807) is 19.2 Å². The molecule has 0 aliphatic rings. The van der Waals surface area contributed by atoms with Gasteiger partial charge in [-0.3, -0.25) is 4.79 Å². The fraction of sp³-hybridized carbons (Fsp3) is 0.462. The summed E-state index contributed by atoms with van der Waals surface area (Å²) < 4.78 is 16.1. The Morgan fingerprint density at radius 2 is 2.15 bits per heavy atom. The van der Waals surface area contributed by atoms with Gasteiger partial charge in [-0.1, -0.05) is 0 Å². The molecule has 0 fully saturated rings. The third kappa shape index (κ3) is 4.99. The Kier molecular flexibility index (Phi) is 7.35. The Balaban J connectivity index is 2.65. The minimum absolute atomic E-state index is 0.104. The lowest BCUT2D eigenvalue weighted by atomic mass is 10.2. The van der Waals surface area contributed by atoms with E-state index in [2.05, 4.69) is 21.2 Å². The van der Waals surface area contributed by atoms with Crippen LogP contribution in [0.15, 0.2) is 16.6 Å². The Morgan fingerprint density at radius 3 is 2.75 bits per heavy atom. The number of amides is 1. The largest absolute Gasteiger partial charge is 0.493 e. The standard InChI is InChI=1S/C13H18BrNO5/c1-18-4-3-15-12(17)8-20-13-10(14)5-9(7-16)6-11(13)19-2/h5-6,16H,3-4,7-8H2,1-2H3,(H,15,17). The molecule has 0 radical (unpaired) electrons. The number of aliphatic hydroxyl groups is 1. The molecule has 0 saturated carbocycles. The summed E-state index contributed by atoms with van der Waals surface area (Å²) in [7, 11) is 3.06. The van der Waals surface area contributed by atoms with Crippen LogP contribution < -0.4 is 14.8 Å². The van der Waals surface area contributed by atoms with Crippen LogP contribution in [-0.2, 0) is 16.1 Å². The van der Waals surface area contributed by atoms with Crippen molar-refractivity contribution >= 4 is 21.8 Å². The van der Waals surface area contributed by atoms with Gasteiger partial charge in [0.15, 0.2) is 18.1 Å². The van der Waals surface area contributed by atoms with Crippen LogP contribution in [-0.4, -0.2) is 45.0 Å². The Labute approximate surface area is 126 Å². The summed E-state index contributed by atoms with van der Waals surface area (Å²) in [4.78, 5) is 11.5. The molecule has 2 N–H and O–H groups in total. The highest BCUT2D eigenvalue weighted by molar-refractivity contribution is 9.10. The number of nitrogens with one attached hydrogen (secondary N) is 1. The number of hydrogen-bond acceptors (Lipinski definition) is 5. The first-order chi connectivity index (χ1) is 9.62. The highest BCUT2D eigenvalue weighted by Crippen LogP contribution is 2.36. The molecule has 1 amide bonds. The van der Waals surface area contributed by atoms with Crippen molar-refractivity contribution in [2.24, 2.45) is 0 Å². The molecule has 0 spiro atoms. The number of ether oxygens (including phenoxy) is 3. The number of carbonyl (C=O) groups excluding carboxylic acids is 1. The molecule has 6 nitrogen and oxygen atoms in total. The third-order valence-electron chi connectivity index (χ3n) is 2.45. The minimum atomic E-state index is -0.248. The smallest absolute Gasteiger partial charge is 0.258 e. The van der Waals surface area contributed by atoms with Gasteiger partial charge in [0.1, 0.15) is 0 Å². The molecule has 0 aliphatic carbocycles. The molecule has 0 aromatic heterocycles. The lowest BCUT2D eigenvalue weighted by molar-refractivity contribution is -0.123. The van der Waals surface area contributed by atoms with Crippen LogP contribution >= 0.6 is 15.9 Å². The summed E-state index contributed by atoms with van der Waals surface area (Å²) in [5, 5.41) is 11.8. The van der Waals surface area contributed by atoms with Gasteiger partial charge in [-0.05, 0) is 33.6 Å². The number of carbonyl (C=O) groups is 1. The van der Waals surface area contributed by atoms with Crippen molar-refractivity contribution in [1.82, 2.24) is 5.32 Å². The maximum absolute atomic E-state index is 11.5. The van der Waals surface area contributed by atoms with E-state index in [-0.39, 0.29) is 19.1 Å². The number of halogens is 1. The van der Waals surface area contributed by atoms with E-state index < -0.39 is 0 Å². The van der Waals surface area contributed by atoms with Crippen molar-refractivity contribution in [3.63, 3.8) is 0 Å². The number of methoxy groups -OCH3 is 2. The topological polar surface area (TPSA) is 77.0 Å². The molecule has 7 heteroatoms. The van der Waals surface area contributed by atoms with Crippen molar-refractivity contribution in [2.75, 3.05) is 34.0 Å². The Morgan fingerprint density at radius 1 is 1.40 bits per heavy atom. The first-order valence-corrected chi connectivity index (χ1v) is 6.77. The van der Waals surface area contributed by atoms with E-state index in [4.69, 9.17) is 19.3 Å². The van der Waals surface area contributed by atoms with Crippen molar-refractivity contribution in [1.29, 1.82) is 0 Å². The summed E-state index contributed by atoms with van der Waals surface area (Å²) >= 11 is 3.33. The summed E-state index contributed by atoms with van der Waals surface area (Å²) in [6.07, 6.45) is 0. The summed E-state index contributed by atoms with van der Waals surface area (Å²) in [6.45, 7) is 0.647. The van der Waals surface area contributed by atoms with Crippen LogP contribution in [0.2, 0.25) is 0 Å². The maximum Gasteiger partial charge on any atom is 0.258 e. The molecule has 0 heterocycles. The highest BCUT2D eigenvalue weighted by Gasteiger charge is 2.13. The summed E-state index contributed by atoms with van der Waals surface area (Å²) in [5.74, 6) is 0.627. The SMILES string of the molecule is COCCNC(=O)COc1c(Br)cc(CO)cc1OC. The first-order valence-electron chi connectivity index (χ1n) is 5.98. The van der Waals surface area contributed by atoms with Gasteiger partial charge in [-0.25, -0.2) is 0 Å². The molecule has 1 rings (SSSR count). The van der Waals surface area contributed by atoms with Crippen molar-refractivity contribution < 1.29 is 24.1 Å². The molecule has 0 atom stereocenters. The van der Waals surface area contributed by atoms with Gasteiger partial charge in [-0.2, -0.15) is 0 Å². The second-order valence-corrected chi connectivity index (χ2v) is 4.75. The number of aliphatic hydroxyl groups excluding tert-OH is 1. The number of hydrogen-bond donors (Lipinski definition) is 2. The molecule has 1 aromatic carbocycles. The van der Waals surface area contributed by atoms with Gasteiger partial charge in [0, 0.05) is 13.7 Å². The zero-order valence-corrected chi connectivity index (χ0v) is 13.0. The van der Waals surface area contributed by atoms with E-state index >= 15 is 0 Å². The summed E-state index contributed by atoms with van der Waals surface area (Å²) in [6, 6.07) is 3.36. The van der Waals surface area contributed by atoms with E-state index in [1.165, 1.54) is 7.11 Å². The van der Waals surface area contributed by atoms with E-state index in [1.807, 2.05) is 0 Å². The van der Waals surface area contributed by atoms with E-state index in [0.29, 0.717) is 34.7 Å². The van der Waals surface area contributed by atoms with Crippen molar-refractivity contribution in [3.05, 3.63) is 22.2 Å². The zero-order chi connectivity index (χ0) is 15.0. The predicted molar refractivity (Wildman–Crippen MR) is 77.0 cm³/mol. The zero-order valence-electron chi connectivity index (χ0n) is 11.4. The monoisotopic (exact) mass is 347 g/mol. The molecule has 0 bridgehead atoms. The fourth-order valence-electron chi connectivity index (χ4n) is 1.49. The van der Waals surface area contributed by atoms with Crippen LogP contribution in [0.3, 0.4) is 0 Å². The van der Waals surface area contributed by atoms with E-state index in [9.17, 15) is 4.79 Å². The number of benzene rings is 1. The quantitative estimate of drug-likeness (QED) is 0.688. The third-order valence-corrected chi connectivity index (χ3v) is 3.04. The Bertz CT molecular complexity index is 453. The molecule has 0 saturated heterocycles. The highest BCUT2D eigenvalue weighted by atomic mass is 79.9. The number of rotatable bonds is 8. The van der Waals surface area contributed by atoms with Crippen LogP contribution in [0.5, 0.6) is 11.5 Å². The lowest BCUT2D eigenvalue weighted by Gasteiger charge is -2.13. The maximum atomic E-state index is 11.5. The van der Waals surface area contributed by atoms with Crippen LogP contribution in [0, 0.1) is 0 Å². The minimum Gasteiger partial charge on any atom is -0.493 e. The molecule has 0 unspecified atom stereocenters. The Hall–Kier alpha value is -1.31. The second kappa shape index (κ2) is 8.78. The molecule has 112 valence electrons. The van der Waals surface area contributed by atoms with Gasteiger partial charge < -0.3 is 24.6 Å². The predicted octanol–water partition coefficient (Wildman–Crippen LogP) is 1.09. The molecular formula is C13H18BrNO5. The van der Waals surface area contributed by atoms with Gasteiger partial charge >= 0.3 is 0 Å². The average Bonchev–Trinajstić information content (AvgIpc) is 2.45. The fourth-order valence-corrected chi connectivity index (χ4v) is 2.09.